The lowest BCUT2D eigenvalue weighted by Gasteiger charge is -2.40. The minimum Gasteiger partial charge on any atom is -0.548 e. The van der Waals surface area contributed by atoms with Gasteiger partial charge >= 0.3 is 0 Å². The lowest BCUT2D eigenvalue weighted by molar-refractivity contribution is 0.283. The Morgan fingerprint density at radius 3 is 1.73 bits per heavy atom. The molecular weight excluding hydrogens is 537 g/mol. The zero-order valence-corrected chi connectivity index (χ0v) is 25.1. The van der Waals surface area contributed by atoms with Crippen LogP contribution in [0.4, 0.5) is 22.0 Å². The summed E-state index contributed by atoms with van der Waals surface area (Å²) in [6.07, 6.45) is -1.70. The van der Waals surface area contributed by atoms with Crippen molar-refractivity contribution < 1.29 is 26.6 Å². The van der Waals surface area contributed by atoms with E-state index in [0.29, 0.717) is 12.1 Å². The Kier molecular flexibility index (Phi) is 7.49. The molecule has 2 saturated heterocycles. The second-order valence-corrected chi connectivity index (χ2v) is 16.6. The molecule has 8 heteroatoms. The summed E-state index contributed by atoms with van der Waals surface area (Å²) in [5.74, 6) is -9.35. The number of halogens is 5. The average Bonchev–Trinajstić information content (AvgIpc) is 3.35. The summed E-state index contributed by atoms with van der Waals surface area (Å²) in [5, 5.41) is 1.22. The number of hydrogen-bond acceptors (Lipinski definition) is 1. The van der Waals surface area contributed by atoms with Crippen molar-refractivity contribution in [3.8, 4) is 0 Å². The van der Waals surface area contributed by atoms with Gasteiger partial charge < -0.3 is 4.65 Å². The van der Waals surface area contributed by atoms with Crippen molar-refractivity contribution in [1.29, 1.82) is 0 Å². The van der Waals surface area contributed by atoms with Gasteiger partial charge in [0.05, 0.1) is 0 Å². The Hall–Kier alpha value is -2.24. The van der Waals surface area contributed by atoms with Crippen LogP contribution in [0.1, 0.15) is 94.3 Å². The van der Waals surface area contributed by atoms with Crippen molar-refractivity contribution in [2.24, 2.45) is 0 Å². The smallest absolute Gasteiger partial charge is 0.200 e. The monoisotopic (exact) mass is 574 g/mol. The van der Waals surface area contributed by atoms with E-state index >= 15 is 8.78 Å². The van der Waals surface area contributed by atoms with E-state index < -0.39 is 59.6 Å². The Bertz CT molecular complexity index is 1400. The summed E-state index contributed by atoms with van der Waals surface area (Å²) in [6, 6.07) is 14.1. The fourth-order valence-corrected chi connectivity index (χ4v) is 14.1. The predicted molar refractivity (Wildman–Crippen MR) is 156 cm³/mol. The van der Waals surface area contributed by atoms with Crippen LogP contribution in [-0.2, 0) is 4.65 Å². The molecule has 0 aromatic heterocycles. The first-order chi connectivity index (χ1) is 18.8. The van der Waals surface area contributed by atoms with Crippen LogP contribution < -0.4 is 10.8 Å². The van der Waals surface area contributed by atoms with Gasteiger partial charge in [0.15, 0.2) is 29.6 Å². The van der Waals surface area contributed by atoms with Crippen molar-refractivity contribution in [1.82, 2.24) is 0 Å². The second-order valence-electron chi connectivity index (χ2n) is 12.6. The number of fused-ring (bicyclic) bond motifs is 2. The highest BCUT2D eigenvalue weighted by molar-refractivity contribution is 7.88. The minimum absolute atomic E-state index is 0.168. The van der Waals surface area contributed by atoms with Crippen molar-refractivity contribution in [2.75, 3.05) is 6.16 Å². The first-order valence-corrected chi connectivity index (χ1v) is 16.4. The third-order valence-corrected chi connectivity index (χ3v) is 15.1. The van der Waals surface area contributed by atoms with Crippen molar-refractivity contribution in [2.45, 2.75) is 83.9 Å². The molecule has 2 bridgehead atoms. The van der Waals surface area contributed by atoms with Crippen LogP contribution in [0.2, 0.25) is 6.32 Å². The minimum atomic E-state index is -2.56. The molecule has 2 heterocycles. The zero-order valence-electron chi connectivity index (χ0n) is 24.2. The fourth-order valence-electron chi connectivity index (χ4n) is 7.43. The topological polar surface area (TPSA) is 9.23 Å². The number of rotatable bonds is 6. The zero-order chi connectivity index (χ0) is 29.3. The molecule has 0 radical (unpaired) electrons. The van der Waals surface area contributed by atoms with Gasteiger partial charge in [-0.3, -0.25) is 0 Å². The largest absolute Gasteiger partial charge is 0.548 e. The summed E-state index contributed by atoms with van der Waals surface area (Å²) in [7, 11) is -2.44. The van der Waals surface area contributed by atoms with Crippen molar-refractivity contribution in [3.63, 3.8) is 0 Å². The summed E-state index contributed by atoms with van der Waals surface area (Å²) >= 11 is 0. The average molecular weight is 574 g/mol. The van der Waals surface area contributed by atoms with E-state index in [9.17, 15) is 13.2 Å². The molecule has 0 spiro atoms. The first kappa shape index (κ1) is 29.3. The molecular formula is C32H37BF5OP. The summed E-state index contributed by atoms with van der Waals surface area (Å²) in [5.41, 5.74) is 3.34. The van der Waals surface area contributed by atoms with Crippen LogP contribution in [-0.4, -0.2) is 18.1 Å². The van der Waals surface area contributed by atoms with Gasteiger partial charge in [-0.05, 0) is 40.0 Å². The molecule has 5 rings (SSSR count). The third-order valence-electron chi connectivity index (χ3n) is 9.56. The first-order valence-electron chi connectivity index (χ1n) is 14.3. The van der Waals surface area contributed by atoms with Gasteiger partial charge in [-0.25, -0.2) is 22.0 Å². The third kappa shape index (κ3) is 4.01. The van der Waals surface area contributed by atoms with Gasteiger partial charge in [0.1, 0.15) is 16.9 Å². The van der Waals surface area contributed by atoms with E-state index in [4.69, 9.17) is 4.65 Å². The molecule has 3 aromatic carbocycles. The standard InChI is InChI=1S/C32H37BF5OP/c1-17(2)22-15-23(18(3)4)31(24(16-22)19(5)6)40-14-13-33(20(40)7,39-32(40)21-11-9-8-10-12-21)25-26(34)28(36)30(38)29(37)27(25)35/h8-12,15-20,32H,13-14H2,1-7H3/t20-,32-,33+,40?/m0/s1. The van der Waals surface area contributed by atoms with E-state index in [1.54, 1.807) is 0 Å². The van der Waals surface area contributed by atoms with Crippen LogP contribution in [0.15, 0.2) is 42.5 Å². The van der Waals surface area contributed by atoms with Gasteiger partial charge in [0.25, 0.3) is 0 Å². The molecule has 0 amide bonds. The Balaban J connectivity index is 1.87. The van der Waals surface area contributed by atoms with E-state index in [0.717, 1.165) is 5.56 Å². The maximum atomic E-state index is 15.5. The van der Waals surface area contributed by atoms with E-state index in [1.807, 2.05) is 37.3 Å². The number of hydrogen-bond donors (Lipinski definition) is 0. The molecule has 1 nitrogen and oxygen atoms in total. The molecule has 4 atom stereocenters. The highest BCUT2D eigenvalue weighted by Gasteiger charge is 2.71. The lowest BCUT2D eigenvalue weighted by Crippen LogP contribution is -2.57. The number of benzene rings is 3. The summed E-state index contributed by atoms with van der Waals surface area (Å²) in [6.45, 7) is 14.9. The van der Waals surface area contributed by atoms with Gasteiger partial charge in [-0.1, -0.05) is 96.4 Å². The van der Waals surface area contributed by atoms with E-state index in [-0.39, 0.29) is 18.2 Å². The highest BCUT2D eigenvalue weighted by atomic mass is 31.2. The van der Waals surface area contributed by atoms with Crippen LogP contribution in [0.5, 0.6) is 0 Å². The molecule has 2 aliphatic heterocycles. The maximum Gasteiger partial charge on any atom is 0.200 e. The van der Waals surface area contributed by atoms with Crippen LogP contribution in [0, 0.1) is 29.1 Å². The molecule has 0 aliphatic carbocycles. The van der Waals surface area contributed by atoms with E-state index in [1.165, 1.54) is 22.0 Å². The Morgan fingerprint density at radius 2 is 1.25 bits per heavy atom. The SMILES string of the molecule is CC(C)c1cc(C(C)C)c([P+]23CC[B@@-](c4c(F)c(F)c(F)c(F)c4F)(O[C@@H]2c2ccccc2)[C@@H]3C)c(C(C)C)c1. The molecule has 1 unspecified atom stereocenters. The summed E-state index contributed by atoms with van der Waals surface area (Å²) < 4.78 is 81.2. The molecule has 214 valence electrons. The van der Waals surface area contributed by atoms with Gasteiger partial charge in [-0.15, -0.1) is 6.32 Å². The van der Waals surface area contributed by atoms with Gasteiger partial charge in [-0.2, -0.15) is 0 Å². The lowest BCUT2D eigenvalue weighted by atomic mass is 9.32. The van der Waals surface area contributed by atoms with Crippen LogP contribution in [0.3, 0.4) is 0 Å². The van der Waals surface area contributed by atoms with Gasteiger partial charge in [0.2, 0.25) is 0 Å². The molecule has 2 fully saturated rings. The predicted octanol–water partition coefficient (Wildman–Crippen LogP) is 8.92. The van der Waals surface area contributed by atoms with Crippen molar-refractivity contribution in [3.05, 3.63) is 93.8 Å². The molecule has 40 heavy (non-hydrogen) atoms. The van der Waals surface area contributed by atoms with Gasteiger partial charge in [0, 0.05) is 19.0 Å². The fraction of sp³-hybridized carbons (Fsp3) is 0.438. The quantitative estimate of drug-likeness (QED) is 0.0940. The molecule has 2 aliphatic rings. The normalized spacial score (nSPS) is 26.1. The molecule has 3 aromatic rings. The van der Waals surface area contributed by atoms with Crippen LogP contribution in [0.25, 0.3) is 0 Å². The van der Waals surface area contributed by atoms with Crippen molar-refractivity contribution >= 4 is 24.4 Å². The van der Waals surface area contributed by atoms with E-state index in [2.05, 4.69) is 53.7 Å². The highest BCUT2D eigenvalue weighted by Crippen LogP contribution is 2.84. The molecule has 0 saturated carbocycles. The summed E-state index contributed by atoms with van der Waals surface area (Å²) in [4.78, 5) is 0. The maximum absolute atomic E-state index is 15.5. The second kappa shape index (κ2) is 10.2. The van der Waals surface area contributed by atoms with Crippen LogP contribution >= 0.6 is 7.26 Å². The Morgan fingerprint density at radius 1 is 0.750 bits per heavy atom. The Labute approximate surface area is 234 Å². The molecule has 0 N–H and O–H groups in total.